The molecule has 0 bridgehead atoms. The molecule has 2 aromatic heterocycles. The van der Waals surface area contributed by atoms with Crippen LogP contribution in [-0.2, 0) is 51.2 Å². The highest BCUT2D eigenvalue weighted by Gasteiger charge is 2.11. The normalized spacial score (nSPS) is 11.2. The van der Waals surface area contributed by atoms with Crippen molar-refractivity contribution in [1.82, 2.24) is 0 Å². The smallest absolute Gasteiger partial charge is 0.302 e. The van der Waals surface area contributed by atoms with Crippen LogP contribution in [0.5, 0.6) is 0 Å². The maximum atomic E-state index is 11.2. The molecule has 0 spiro atoms. The van der Waals surface area contributed by atoms with E-state index in [4.69, 9.17) is 18.9 Å². The van der Waals surface area contributed by atoms with Crippen LogP contribution in [0.25, 0.3) is 24.3 Å². The second kappa shape index (κ2) is 29.3. The highest BCUT2D eigenvalue weighted by atomic mass is 16.5. The molecule has 66 heavy (non-hydrogen) atoms. The number of nitrogens with zero attached hydrogens (tertiary/aromatic N) is 4. The van der Waals surface area contributed by atoms with Gasteiger partial charge in [-0.25, -0.2) is 9.13 Å². The van der Waals surface area contributed by atoms with Gasteiger partial charge in [0.2, 0.25) is 0 Å². The fraction of sp³-hybridized carbons (Fsp3) is 0.444. The van der Waals surface area contributed by atoms with Gasteiger partial charge >= 0.3 is 23.9 Å². The van der Waals surface area contributed by atoms with Crippen molar-refractivity contribution < 1.29 is 47.3 Å². The minimum atomic E-state index is -0.318. The zero-order valence-electron chi connectivity index (χ0n) is 40.2. The molecule has 0 unspecified atom stereocenters. The van der Waals surface area contributed by atoms with Crippen molar-refractivity contribution in [2.75, 3.05) is 62.4 Å². The lowest BCUT2D eigenvalue weighted by molar-refractivity contribution is -0.697. The summed E-state index contributed by atoms with van der Waals surface area (Å²) in [5.74, 6) is -1.27. The first-order valence-corrected chi connectivity index (χ1v) is 23.5. The molecule has 4 rings (SSSR count). The van der Waals surface area contributed by atoms with Crippen molar-refractivity contribution in [3.05, 3.63) is 119 Å². The van der Waals surface area contributed by atoms with Gasteiger partial charge in [-0.1, -0.05) is 74.3 Å². The van der Waals surface area contributed by atoms with Crippen LogP contribution < -0.4 is 18.9 Å². The lowest BCUT2D eigenvalue weighted by atomic mass is 10.1. The minimum absolute atomic E-state index is 0.263. The van der Waals surface area contributed by atoms with Crippen molar-refractivity contribution in [1.29, 1.82) is 0 Å². The van der Waals surface area contributed by atoms with Gasteiger partial charge in [0, 0.05) is 75.2 Å². The second-order valence-electron chi connectivity index (χ2n) is 16.7. The molecule has 0 aliphatic rings. The number of ether oxygens (including phenoxy) is 4. The Balaban J connectivity index is 1.10. The van der Waals surface area contributed by atoms with E-state index in [2.05, 4.69) is 108 Å². The third kappa shape index (κ3) is 20.7. The summed E-state index contributed by atoms with van der Waals surface area (Å²) >= 11 is 0. The second-order valence-corrected chi connectivity index (χ2v) is 16.7. The topological polar surface area (TPSA) is 119 Å². The number of carbonyl (C=O) groups is 4. The first kappa shape index (κ1) is 52.3. The van der Waals surface area contributed by atoms with Crippen LogP contribution >= 0.6 is 0 Å². The van der Waals surface area contributed by atoms with Crippen molar-refractivity contribution in [3.63, 3.8) is 0 Å². The Morgan fingerprint density at radius 3 is 1.03 bits per heavy atom. The molecule has 12 heteroatoms. The molecule has 0 aliphatic heterocycles. The molecule has 2 heterocycles. The summed E-state index contributed by atoms with van der Waals surface area (Å²) in [6.45, 7) is 15.0. The van der Waals surface area contributed by atoms with Crippen LogP contribution in [-0.4, -0.2) is 76.5 Å². The molecular formula is C54H72N4O8+2. The van der Waals surface area contributed by atoms with Crippen molar-refractivity contribution in [2.45, 2.75) is 106 Å². The van der Waals surface area contributed by atoms with Crippen LogP contribution in [0.4, 0.5) is 11.4 Å². The molecule has 0 N–H and O–H groups in total. The Bertz CT molecular complexity index is 1990. The third-order valence-electron chi connectivity index (χ3n) is 11.2. The Morgan fingerprint density at radius 2 is 0.742 bits per heavy atom. The molecule has 0 saturated carbocycles. The fourth-order valence-electron chi connectivity index (χ4n) is 7.55. The van der Waals surface area contributed by atoms with E-state index in [1.807, 2.05) is 34.1 Å². The molecule has 354 valence electrons. The molecule has 4 aromatic rings. The number of pyridine rings is 2. The zero-order valence-corrected chi connectivity index (χ0v) is 40.2. The van der Waals surface area contributed by atoms with Gasteiger partial charge in [0.25, 0.3) is 0 Å². The molecule has 12 nitrogen and oxygen atoms in total. The van der Waals surface area contributed by atoms with E-state index in [0.29, 0.717) is 26.2 Å². The number of aryl methyl sites for hydroxylation is 4. The van der Waals surface area contributed by atoms with E-state index in [-0.39, 0.29) is 50.3 Å². The number of rotatable bonds is 29. The Morgan fingerprint density at radius 1 is 0.439 bits per heavy atom. The van der Waals surface area contributed by atoms with E-state index >= 15 is 0 Å². The maximum Gasteiger partial charge on any atom is 0.302 e. The molecule has 0 atom stereocenters. The average Bonchev–Trinajstić information content (AvgIpc) is 3.28. The van der Waals surface area contributed by atoms with Crippen molar-refractivity contribution in [3.8, 4) is 0 Å². The number of benzene rings is 2. The van der Waals surface area contributed by atoms with E-state index < -0.39 is 0 Å². The number of hydrogen-bond donors (Lipinski definition) is 0. The summed E-state index contributed by atoms with van der Waals surface area (Å²) in [5, 5.41) is 0. The van der Waals surface area contributed by atoms with Crippen molar-refractivity contribution >= 4 is 59.6 Å². The first-order chi connectivity index (χ1) is 31.9. The molecule has 0 aliphatic carbocycles. The molecular weight excluding hydrogens is 833 g/mol. The van der Waals surface area contributed by atoms with Crippen LogP contribution in [0.15, 0.2) is 85.5 Å². The van der Waals surface area contributed by atoms with E-state index in [1.54, 1.807) is 0 Å². The summed E-state index contributed by atoms with van der Waals surface area (Å²) in [5.41, 5.74) is 8.95. The van der Waals surface area contributed by atoms with Gasteiger partial charge in [-0.05, 0) is 73.2 Å². The predicted octanol–water partition coefficient (Wildman–Crippen LogP) is 8.91. The largest absolute Gasteiger partial charge is 0.464 e. The molecule has 0 saturated heterocycles. The molecule has 0 radical (unpaired) electrons. The van der Waals surface area contributed by atoms with Gasteiger partial charge in [-0.15, -0.1) is 0 Å². The number of carbonyl (C=O) groups excluding carboxylic acids is 4. The minimum Gasteiger partial charge on any atom is -0.464 e. The summed E-state index contributed by atoms with van der Waals surface area (Å²) in [6.07, 6.45) is 27.3. The highest BCUT2D eigenvalue weighted by Crippen LogP contribution is 2.20. The van der Waals surface area contributed by atoms with Crippen LogP contribution in [0.3, 0.4) is 0 Å². The predicted molar refractivity (Wildman–Crippen MR) is 261 cm³/mol. The van der Waals surface area contributed by atoms with E-state index in [0.717, 1.165) is 35.6 Å². The lowest BCUT2D eigenvalue weighted by Gasteiger charge is -2.24. The summed E-state index contributed by atoms with van der Waals surface area (Å²) in [6, 6.07) is 20.8. The first-order valence-electron chi connectivity index (χ1n) is 23.5. The van der Waals surface area contributed by atoms with Gasteiger partial charge in [0.15, 0.2) is 24.8 Å². The van der Waals surface area contributed by atoms with Gasteiger partial charge in [0.1, 0.15) is 39.5 Å². The molecule has 0 amide bonds. The molecule has 2 aromatic carbocycles. The van der Waals surface area contributed by atoms with Crippen LogP contribution in [0.1, 0.15) is 112 Å². The monoisotopic (exact) mass is 905 g/mol. The number of unbranched alkanes of at least 4 members (excludes halogenated alkanes) is 7. The Hall–Kier alpha value is -6.30. The van der Waals surface area contributed by atoms with E-state index in [9.17, 15) is 19.2 Å². The SMILES string of the molecule is CC(=O)OCCN(CCOC(C)=O)c1ccc(/C=C/c2cc[n+](CCCCCCCCCC[n+]3ccc(/C=C/c4ccc(N(CCOC(C)=O)CCOC(C)=O)cc4)c(C)c3)cc2C)cc1. The average molecular weight is 905 g/mol. The summed E-state index contributed by atoms with van der Waals surface area (Å²) < 4.78 is 25.1. The van der Waals surface area contributed by atoms with Gasteiger partial charge in [-0.3, -0.25) is 19.2 Å². The summed E-state index contributed by atoms with van der Waals surface area (Å²) in [7, 11) is 0. The standard InChI is InChI=1S/C54H72N4O8/c1-43-41-55(31-27-51(43)21-15-49-17-23-53(24-18-49)57(33-37-63-45(3)59)34-38-64-46(4)60)29-13-11-9-7-8-10-12-14-30-56-32-28-52(44(2)42-56)22-16-50-19-25-54(26-20-50)58(35-39-65-47(5)61)36-40-66-48(6)62/h15-28,31-32,41-42H,7-14,29-30,33-40H2,1-6H3/q+2. The third-order valence-corrected chi connectivity index (χ3v) is 11.2. The highest BCUT2D eigenvalue weighted by molar-refractivity contribution is 5.73. The zero-order chi connectivity index (χ0) is 47.5. The maximum absolute atomic E-state index is 11.2. The van der Waals surface area contributed by atoms with E-state index in [1.165, 1.54) is 101 Å². The van der Waals surface area contributed by atoms with Gasteiger partial charge in [0.05, 0.1) is 26.2 Å². The van der Waals surface area contributed by atoms with Gasteiger partial charge in [-0.2, -0.15) is 0 Å². The van der Waals surface area contributed by atoms with Crippen LogP contribution in [0, 0.1) is 13.8 Å². The summed E-state index contributed by atoms with van der Waals surface area (Å²) in [4.78, 5) is 49.1. The quantitative estimate of drug-likeness (QED) is 0.0226. The molecule has 0 fully saturated rings. The number of hydrogen-bond acceptors (Lipinski definition) is 10. The lowest BCUT2D eigenvalue weighted by Crippen LogP contribution is -2.33. The fourth-order valence-corrected chi connectivity index (χ4v) is 7.55. The van der Waals surface area contributed by atoms with Crippen molar-refractivity contribution in [2.24, 2.45) is 0 Å². The number of anilines is 2. The Labute approximate surface area is 392 Å². The number of esters is 4. The van der Waals surface area contributed by atoms with Gasteiger partial charge < -0.3 is 28.7 Å². The van der Waals surface area contributed by atoms with Crippen LogP contribution in [0.2, 0.25) is 0 Å². The number of aromatic nitrogens is 2. The Kier molecular flexibility index (Phi) is 23.2.